The van der Waals surface area contributed by atoms with Crippen LogP contribution in [-0.4, -0.2) is 49.1 Å². The zero-order chi connectivity index (χ0) is 24.3. The maximum absolute atomic E-state index is 13.0. The Morgan fingerprint density at radius 1 is 0.771 bits per heavy atom. The second kappa shape index (κ2) is 12.7. The van der Waals surface area contributed by atoms with E-state index in [1.807, 2.05) is 84.9 Å². The molecule has 4 rings (SSSR count). The van der Waals surface area contributed by atoms with Crippen molar-refractivity contribution in [3.8, 4) is 11.1 Å². The zero-order valence-corrected chi connectivity index (χ0v) is 20.1. The standard InChI is InChI=1S/C29H34N4O2/c34-28(30-18-21-33-19-8-3-9-20-33)27(22-23-10-4-1-5-11-23)32-29(35)31-26-16-14-25(15-17-26)24-12-6-2-7-13-24/h1-2,4-7,10-17,27H,3,8-9,18-22H2,(H,30,34)(H2,31,32,35). The summed E-state index contributed by atoms with van der Waals surface area (Å²) in [5.41, 5.74) is 3.86. The van der Waals surface area contributed by atoms with Gasteiger partial charge in [0.1, 0.15) is 6.04 Å². The lowest BCUT2D eigenvalue weighted by molar-refractivity contribution is -0.122. The second-order valence-corrected chi connectivity index (χ2v) is 8.98. The average molecular weight is 471 g/mol. The van der Waals surface area contributed by atoms with Crippen LogP contribution in [0.25, 0.3) is 11.1 Å². The van der Waals surface area contributed by atoms with Crippen molar-refractivity contribution in [2.45, 2.75) is 31.7 Å². The molecule has 1 atom stereocenters. The first-order valence-electron chi connectivity index (χ1n) is 12.4. The molecular formula is C29H34N4O2. The lowest BCUT2D eigenvalue weighted by Gasteiger charge is -2.27. The van der Waals surface area contributed by atoms with Gasteiger partial charge in [0.05, 0.1) is 0 Å². The Morgan fingerprint density at radius 2 is 1.40 bits per heavy atom. The number of rotatable bonds is 9. The summed E-state index contributed by atoms with van der Waals surface area (Å²) in [6.45, 7) is 3.60. The van der Waals surface area contributed by atoms with Gasteiger partial charge in [0, 0.05) is 25.2 Å². The molecule has 182 valence electrons. The topological polar surface area (TPSA) is 73.5 Å². The molecule has 1 heterocycles. The van der Waals surface area contributed by atoms with Crippen molar-refractivity contribution in [3.05, 3.63) is 90.5 Å². The minimum atomic E-state index is -0.664. The van der Waals surface area contributed by atoms with Gasteiger partial charge in [-0.15, -0.1) is 0 Å². The number of nitrogens with one attached hydrogen (secondary N) is 3. The Hall–Kier alpha value is -3.64. The van der Waals surface area contributed by atoms with Crippen molar-refractivity contribution in [2.75, 3.05) is 31.5 Å². The van der Waals surface area contributed by atoms with E-state index in [-0.39, 0.29) is 5.91 Å². The first kappa shape index (κ1) is 24.5. The molecule has 1 fully saturated rings. The highest BCUT2D eigenvalue weighted by molar-refractivity contribution is 5.94. The van der Waals surface area contributed by atoms with Crippen LogP contribution in [0.4, 0.5) is 10.5 Å². The number of hydrogen-bond acceptors (Lipinski definition) is 3. The van der Waals surface area contributed by atoms with Crippen molar-refractivity contribution in [1.29, 1.82) is 0 Å². The molecule has 1 saturated heterocycles. The second-order valence-electron chi connectivity index (χ2n) is 8.98. The van der Waals surface area contributed by atoms with Crippen LogP contribution in [0.3, 0.4) is 0 Å². The molecule has 0 aromatic heterocycles. The molecule has 6 heteroatoms. The first-order chi connectivity index (χ1) is 17.2. The molecule has 3 N–H and O–H groups in total. The fraction of sp³-hybridized carbons (Fsp3) is 0.310. The molecule has 35 heavy (non-hydrogen) atoms. The molecule has 3 aromatic carbocycles. The lowest BCUT2D eigenvalue weighted by atomic mass is 10.1. The number of urea groups is 1. The van der Waals surface area contributed by atoms with Gasteiger partial charge in [-0.25, -0.2) is 4.79 Å². The van der Waals surface area contributed by atoms with E-state index in [1.54, 1.807) is 0 Å². The minimum absolute atomic E-state index is 0.166. The van der Waals surface area contributed by atoms with Crippen LogP contribution in [0.5, 0.6) is 0 Å². The normalized spacial score (nSPS) is 14.6. The number of benzene rings is 3. The fourth-order valence-electron chi connectivity index (χ4n) is 4.40. The van der Waals surface area contributed by atoms with Gasteiger partial charge in [-0.05, 0) is 54.8 Å². The summed E-state index contributed by atoms with van der Waals surface area (Å²) >= 11 is 0. The number of anilines is 1. The lowest BCUT2D eigenvalue weighted by Crippen LogP contribution is -2.50. The summed E-state index contributed by atoms with van der Waals surface area (Å²) in [6.07, 6.45) is 4.16. The number of piperidine rings is 1. The van der Waals surface area contributed by atoms with Gasteiger partial charge in [0.15, 0.2) is 0 Å². The maximum atomic E-state index is 13.0. The largest absolute Gasteiger partial charge is 0.353 e. The molecule has 6 nitrogen and oxygen atoms in total. The molecule has 0 aliphatic carbocycles. The van der Waals surface area contributed by atoms with E-state index >= 15 is 0 Å². The zero-order valence-electron chi connectivity index (χ0n) is 20.1. The van der Waals surface area contributed by atoms with E-state index in [9.17, 15) is 9.59 Å². The summed E-state index contributed by atoms with van der Waals surface area (Å²) in [6, 6.07) is 26.5. The Bertz CT molecular complexity index is 1060. The van der Waals surface area contributed by atoms with Crippen LogP contribution in [-0.2, 0) is 11.2 Å². The van der Waals surface area contributed by atoms with Gasteiger partial charge < -0.3 is 20.9 Å². The van der Waals surface area contributed by atoms with Crippen molar-refractivity contribution in [3.63, 3.8) is 0 Å². The third-order valence-corrected chi connectivity index (χ3v) is 6.33. The Labute approximate surface area is 207 Å². The van der Waals surface area contributed by atoms with Gasteiger partial charge >= 0.3 is 6.03 Å². The highest BCUT2D eigenvalue weighted by Gasteiger charge is 2.21. The maximum Gasteiger partial charge on any atom is 0.319 e. The molecule has 0 radical (unpaired) electrons. The van der Waals surface area contributed by atoms with E-state index in [1.165, 1.54) is 19.3 Å². The van der Waals surface area contributed by atoms with Crippen LogP contribution >= 0.6 is 0 Å². The molecule has 0 saturated carbocycles. The molecule has 3 amide bonds. The molecule has 1 aliphatic rings. The highest BCUT2D eigenvalue weighted by atomic mass is 16.2. The fourth-order valence-corrected chi connectivity index (χ4v) is 4.40. The summed E-state index contributed by atoms with van der Waals surface area (Å²) in [5, 5.41) is 8.76. The summed E-state index contributed by atoms with van der Waals surface area (Å²) in [7, 11) is 0. The SMILES string of the molecule is O=C(Nc1ccc(-c2ccccc2)cc1)NC(Cc1ccccc1)C(=O)NCCN1CCCCC1. The van der Waals surface area contributed by atoms with Crippen molar-refractivity contribution < 1.29 is 9.59 Å². The van der Waals surface area contributed by atoms with Gasteiger partial charge in [0.25, 0.3) is 0 Å². The molecular weight excluding hydrogens is 436 g/mol. The summed E-state index contributed by atoms with van der Waals surface area (Å²) < 4.78 is 0. The Kier molecular flexibility index (Phi) is 8.90. The molecule has 0 bridgehead atoms. The Balaban J connectivity index is 1.34. The van der Waals surface area contributed by atoms with Gasteiger partial charge in [0.2, 0.25) is 5.91 Å². The third kappa shape index (κ3) is 7.69. The van der Waals surface area contributed by atoms with Crippen molar-refractivity contribution >= 4 is 17.6 Å². The summed E-state index contributed by atoms with van der Waals surface area (Å²) in [4.78, 5) is 28.2. The van der Waals surface area contributed by atoms with E-state index in [0.717, 1.165) is 36.3 Å². The third-order valence-electron chi connectivity index (χ3n) is 6.33. The monoisotopic (exact) mass is 470 g/mol. The smallest absolute Gasteiger partial charge is 0.319 e. The highest BCUT2D eigenvalue weighted by Crippen LogP contribution is 2.21. The van der Waals surface area contributed by atoms with Gasteiger partial charge in [-0.1, -0.05) is 79.2 Å². The van der Waals surface area contributed by atoms with Crippen LogP contribution in [0.1, 0.15) is 24.8 Å². The van der Waals surface area contributed by atoms with Crippen molar-refractivity contribution in [2.24, 2.45) is 0 Å². The van der Waals surface area contributed by atoms with Crippen LogP contribution in [0.15, 0.2) is 84.9 Å². The van der Waals surface area contributed by atoms with Crippen molar-refractivity contribution in [1.82, 2.24) is 15.5 Å². The van der Waals surface area contributed by atoms with E-state index in [2.05, 4.69) is 20.9 Å². The number of carbonyl (C=O) groups excluding carboxylic acids is 2. The number of hydrogen-bond donors (Lipinski definition) is 3. The summed E-state index contributed by atoms with van der Waals surface area (Å²) in [5.74, 6) is -0.166. The van der Waals surface area contributed by atoms with Gasteiger partial charge in [-0.2, -0.15) is 0 Å². The number of nitrogens with zero attached hydrogens (tertiary/aromatic N) is 1. The quantitative estimate of drug-likeness (QED) is 0.425. The van der Waals surface area contributed by atoms with Gasteiger partial charge in [-0.3, -0.25) is 4.79 Å². The predicted octanol–water partition coefficient (Wildman–Crippen LogP) is 4.69. The Morgan fingerprint density at radius 3 is 2.09 bits per heavy atom. The molecule has 1 aliphatic heterocycles. The van der Waals surface area contributed by atoms with E-state index < -0.39 is 12.1 Å². The predicted molar refractivity (Wildman–Crippen MR) is 141 cm³/mol. The van der Waals surface area contributed by atoms with E-state index in [4.69, 9.17) is 0 Å². The number of likely N-dealkylation sites (tertiary alicyclic amines) is 1. The first-order valence-corrected chi connectivity index (χ1v) is 12.4. The van der Waals surface area contributed by atoms with Crippen LogP contribution in [0.2, 0.25) is 0 Å². The molecule has 1 unspecified atom stereocenters. The average Bonchev–Trinajstić information content (AvgIpc) is 2.90. The molecule has 0 spiro atoms. The minimum Gasteiger partial charge on any atom is -0.353 e. The molecule has 3 aromatic rings. The van der Waals surface area contributed by atoms with Crippen LogP contribution < -0.4 is 16.0 Å². The van der Waals surface area contributed by atoms with E-state index in [0.29, 0.717) is 18.7 Å². The van der Waals surface area contributed by atoms with Crippen LogP contribution in [0, 0.1) is 0 Å². The number of amides is 3. The number of carbonyl (C=O) groups is 2.